The van der Waals surface area contributed by atoms with Crippen LogP contribution in [-0.4, -0.2) is 12.7 Å². The summed E-state index contributed by atoms with van der Waals surface area (Å²) in [5, 5.41) is 0. The lowest BCUT2D eigenvalue weighted by molar-refractivity contribution is 0.0305. The summed E-state index contributed by atoms with van der Waals surface area (Å²) < 4.78 is 19.2. The van der Waals surface area contributed by atoms with Gasteiger partial charge in [0.2, 0.25) is 0 Å². The number of ether oxygens (including phenoxy) is 1. The van der Waals surface area contributed by atoms with Crippen molar-refractivity contribution in [3.63, 3.8) is 0 Å². The van der Waals surface area contributed by atoms with Crippen molar-refractivity contribution in [1.82, 2.24) is 5.43 Å². The van der Waals surface area contributed by atoms with Crippen LogP contribution in [0.4, 0.5) is 4.39 Å². The first-order valence-corrected chi connectivity index (χ1v) is 5.56. The van der Waals surface area contributed by atoms with Crippen LogP contribution in [0, 0.1) is 5.82 Å². The first-order chi connectivity index (χ1) is 7.74. The van der Waals surface area contributed by atoms with Crippen molar-refractivity contribution in [2.45, 2.75) is 32.4 Å². The third kappa shape index (κ3) is 3.01. The molecule has 0 aliphatic carbocycles. The number of hydrazine groups is 1. The fraction of sp³-hybridized carbons (Fsp3) is 0.500. The van der Waals surface area contributed by atoms with E-state index in [4.69, 9.17) is 10.6 Å². The van der Waals surface area contributed by atoms with Crippen LogP contribution in [0.3, 0.4) is 0 Å². The summed E-state index contributed by atoms with van der Waals surface area (Å²) in [4.78, 5) is 0. The lowest BCUT2D eigenvalue weighted by Gasteiger charge is -2.26. The van der Waals surface area contributed by atoms with Gasteiger partial charge in [-0.2, -0.15) is 0 Å². The van der Waals surface area contributed by atoms with E-state index in [9.17, 15) is 4.39 Å². The van der Waals surface area contributed by atoms with Crippen molar-refractivity contribution in [2.24, 2.45) is 5.84 Å². The monoisotopic (exact) mass is 226 g/mol. The van der Waals surface area contributed by atoms with Crippen LogP contribution in [0.15, 0.2) is 24.3 Å². The molecule has 2 unspecified atom stereocenters. The fourth-order valence-electron chi connectivity index (χ4n) is 1.79. The number of hydrogen-bond acceptors (Lipinski definition) is 3. The van der Waals surface area contributed by atoms with Crippen molar-refractivity contribution in [3.05, 3.63) is 35.6 Å². The van der Waals surface area contributed by atoms with Gasteiger partial charge in [-0.1, -0.05) is 25.1 Å². The van der Waals surface area contributed by atoms with E-state index in [-0.39, 0.29) is 18.0 Å². The molecular weight excluding hydrogens is 207 g/mol. The van der Waals surface area contributed by atoms with E-state index in [1.807, 2.05) is 13.8 Å². The van der Waals surface area contributed by atoms with Gasteiger partial charge in [0, 0.05) is 12.2 Å². The molecule has 3 N–H and O–H groups in total. The van der Waals surface area contributed by atoms with E-state index in [2.05, 4.69) is 5.43 Å². The van der Waals surface area contributed by atoms with Gasteiger partial charge in [-0.05, 0) is 19.4 Å². The second kappa shape index (κ2) is 6.58. The van der Waals surface area contributed by atoms with Crippen LogP contribution < -0.4 is 11.3 Å². The Morgan fingerprint density at radius 2 is 2.06 bits per heavy atom. The van der Waals surface area contributed by atoms with Crippen molar-refractivity contribution in [2.75, 3.05) is 6.61 Å². The quantitative estimate of drug-likeness (QED) is 0.577. The molecule has 0 heterocycles. The predicted octanol–water partition coefficient (Wildman–Crippen LogP) is 2.15. The summed E-state index contributed by atoms with van der Waals surface area (Å²) in [5.41, 5.74) is 3.18. The molecule has 1 rings (SSSR count). The zero-order chi connectivity index (χ0) is 12.0. The summed E-state index contributed by atoms with van der Waals surface area (Å²) in [6.07, 6.45) is 0.656. The highest BCUT2D eigenvalue weighted by atomic mass is 19.1. The Balaban J connectivity index is 2.92. The Morgan fingerprint density at radius 3 is 2.56 bits per heavy atom. The lowest BCUT2D eigenvalue weighted by Crippen LogP contribution is -2.38. The molecule has 4 heteroatoms. The van der Waals surface area contributed by atoms with Crippen LogP contribution in [0.1, 0.15) is 31.9 Å². The van der Waals surface area contributed by atoms with Crippen molar-refractivity contribution >= 4 is 0 Å². The van der Waals surface area contributed by atoms with Crippen molar-refractivity contribution in [1.29, 1.82) is 0 Å². The molecule has 0 aliphatic rings. The zero-order valence-electron chi connectivity index (χ0n) is 9.74. The van der Waals surface area contributed by atoms with Crippen molar-refractivity contribution < 1.29 is 9.13 Å². The Morgan fingerprint density at radius 1 is 1.38 bits per heavy atom. The molecule has 3 nitrogen and oxygen atoms in total. The van der Waals surface area contributed by atoms with E-state index in [0.29, 0.717) is 12.2 Å². The second-order valence-corrected chi connectivity index (χ2v) is 3.57. The van der Waals surface area contributed by atoms with Gasteiger partial charge in [0.15, 0.2) is 0 Å². The highest BCUT2D eigenvalue weighted by Crippen LogP contribution is 2.23. The molecule has 0 bridgehead atoms. The Bertz CT molecular complexity index is 320. The number of nitrogens with two attached hydrogens (primary N) is 1. The van der Waals surface area contributed by atoms with Crippen LogP contribution in [0.2, 0.25) is 0 Å². The van der Waals surface area contributed by atoms with E-state index >= 15 is 0 Å². The van der Waals surface area contributed by atoms with Gasteiger partial charge in [0.1, 0.15) is 5.82 Å². The normalized spacial score (nSPS) is 14.8. The molecule has 0 spiro atoms. The first kappa shape index (κ1) is 13.1. The average molecular weight is 226 g/mol. The molecule has 90 valence electrons. The van der Waals surface area contributed by atoms with E-state index in [0.717, 1.165) is 6.42 Å². The summed E-state index contributed by atoms with van der Waals surface area (Å²) in [7, 11) is 0. The summed E-state index contributed by atoms with van der Waals surface area (Å²) in [6.45, 7) is 4.49. The van der Waals surface area contributed by atoms with E-state index < -0.39 is 0 Å². The van der Waals surface area contributed by atoms with Gasteiger partial charge in [0.05, 0.1) is 12.1 Å². The minimum atomic E-state index is -0.314. The number of benzene rings is 1. The minimum Gasteiger partial charge on any atom is -0.376 e. The molecule has 16 heavy (non-hydrogen) atoms. The van der Waals surface area contributed by atoms with E-state index in [1.54, 1.807) is 18.2 Å². The minimum absolute atomic E-state index is 0.119. The lowest BCUT2D eigenvalue weighted by atomic mass is 9.99. The molecule has 0 amide bonds. The maximum atomic E-state index is 13.6. The molecule has 0 saturated heterocycles. The smallest absolute Gasteiger partial charge is 0.128 e. The average Bonchev–Trinajstić information content (AvgIpc) is 2.31. The fourth-order valence-corrected chi connectivity index (χ4v) is 1.79. The van der Waals surface area contributed by atoms with Gasteiger partial charge in [-0.25, -0.2) is 4.39 Å². The second-order valence-electron chi connectivity index (χ2n) is 3.57. The number of halogens is 1. The largest absolute Gasteiger partial charge is 0.376 e. The third-order valence-corrected chi connectivity index (χ3v) is 2.57. The molecule has 2 atom stereocenters. The van der Waals surface area contributed by atoms with Crippen LogP contribution in [0.5, 0.6) is 0 Å². The molecule has 0 aliphatic heterocycles. The highest BCUT2D eigenvalue weighted by Gasteiger charge is 2.23. The molecule has 1 aromatic rings. The van der Waals surface area contributed by atoms with Gasteiger partial charge in [0.25, 0.3) is 0 Å². The number of nitrogens with one attached hydrogen (secondary N) is 1. The number of hydrogen-bond donors (Lipinski definition) is 2. The van der Waals surface area contributed by atoms with Crippen LogP contribution in [0.25, 0.3) is 0 Å². The molecule has 0 aromatic heterocycles. The first-order valence-electron chi connectivity index (χ1n) is 5.56. The Kier molecular flexibility index (Phi) is 5.38. The third-order valence-electron chi connectivity index (χ3n) is 2.57. The SMILES string of the molecule is CCOC(CC)C(NN)c1ccccc1F. The summed E-state index contributed by atoms with van der Waals surface area (Å²) >= 11 is 0. The highest BCUT2D eigenvalue weighted by molar-refractivity contribution is 5.22. The Labute approximate surface area is 95.8 Å². The molecule has 1 aromatic carbocycles. The molecular formula is C12H19FN2O. The van der Waals surface area contributed by atoms with Crippen LogP contribution >= 0.6 is 0 Å². The summed E-state index contributed by atoms with van der Waals surface area (Å²) in [6, 6.07) is 6.29. The van der Waals surface area contributed by atoms with Gasteiger partial charge in [-0.15, -0.1) is 0 Å². The van der Waals surface area contributed by atoms with Crippen molar-refractivity contribution in [3.8, 4) is 0 Å². The topological polar surface area (TPSA) is 47.3 Å². The zero-order valence-corrected chi connectivity index (χ0v) is 9.74. The molecule has 0 radical (unpaired) electrons. The van der Waals surface area contributed by atoms with Gasteiger partial charge >= 0.3 is 0 Å². The van der Waals surface area contributed by atoms with Crippen LogP contribution in [-0.2, 0) is 4.74 Å². The molecule has 0 fully saturated rings. The summed E-state index contributed by atoms with van der Waals surface area (Å²) in [5.74, 6) is 5.22. The number of rotatable bonds is 6. The maximum Gasteiger partial charge on any atom is 0.128 e. The predicted molar refractivity (Wildman–Crippen MR) is 62.2 cm³/mol. The van der Waals surface area contributed by atoms with Gasteiger partial charge in [-0.3, -0.25) is 11.3 Å². The van der Waals surface area contributed by atoms with Gasteiger partial charge < -0.3 is 4.74 Å². The standard InChI is InChI=1S/C12H19FN2O/c1-3-11(16-4-2)12(15-14)9-7-5-6-8-10(9)13/h5-8,11-12,15H,3-4,14H2,1-2H3. The molecule has 0 saturated carbocycles. The Hall–Kier alpha value is -0.970. The maximum absolute atomic E-state index is 13.6. The van der Waals surface area contributed by atoms with E-state index in [1.165, 1.54) is 6.07 Å².